The van der Waals surface area contributed by atoms with Crippen molar-refractivity contribution in [3.8, 4) is 0 Å². The molecule has 0 aliphatic carbocycles. The summed E-state index contributed by atoms with van der Waals surface area (Å²) in [6, 6.07) is 6.37. The summed E-state index contributed by atoms with van der Waals surface area (Å²) in [7, 11) is -3.56. The van der Waals surface area contributed by atoms with Gasteiger partial charge in [-0.3, -0.25) is 4.79 Å². The Morgan fingerprint density at radius 3 is 2.60 bits per heavy atom. The second kappa shape index (κ2) is 6.26. The number of piperidine rings is 1. The van der Waals surface area contributed by atoms with E-state index in [1.54, 1.807) is 17.0 Å². The number of carbonyl (C=O) groups excluding carboxylic acids is 1. The lowest BCUT2D eigenvalue weighted by Gasteiger charge is -2.30. The monoisotopic (exact) mass is 359 g/mol. The largest absolute Gasteiger partial charge is 0.342 e. The Hall–Kier alpha value is -0.880. The zero-order valence-electron chi connectivity index (χ0n) is 11.4. The minimum absolute atomic E-state index is 0.194. The maximum atomic E-state index is 12.2. The third-order valence-corrected chi connectivity index (χ3v) is 5.64. The van der Waals surface area contributed by atoms with E-state index >= 15 is 0 Å². The number of hydrogen-bond acceptors (Lipinski definition) is 3. The molecule has 1 heterocycles. The summed E-state index contributed by atoms with van der Waals surface area (Å²) in [5.74, 6) is -0.288. The summed E-state index contributed by atoms with van der Waals surface area (Å²) in [6.45, 7) is 3.41. The van der Waals surface area contributed by atoms with E-state index in [1.807, 2.05) is 0 Å². The molecule has 6 heteroatoms. The fourth-order valence-corrected chi connectivity index (χ4v) is 3.88. The number of sulfone groups is 1. The molecule has 0 spiro atoms. The maximum absolute atomic E-state index is 12.2. The molecule has 1 aromatic carbocycles. The lowest BCUT2D eigenvalue weighted by atomic mass is 10.0. The molecule has 1 aliphatic heterocycles. The van der Waals surface area contributed by atoms with Gasteiger partial charge in [0.1, 0.15) is 5.75 Å². The number of amides is 1. The molecule has 110 valence electrons. The van der Waals surface area contributed by atoms with E-state index in [4.69, 9.17) is 0 Å². The molecule has 0 saturated carbocycles. The van der Waals surface area contributed by atoms with Gasteiger partial charge in [0, 0.05) is 17.6 Å². The number of rotatable bonds is 3. The Bertz CT molecular complexity index is 583. The summed E-state index contributed by atoms with van der Waals surface area (Å²) in [5.41, 5.74) is 0. The zero-order valence-corrected chi connectivity index (χ0v) is 13.8. The smallest absolute Gasteiger partial charge is 0.238 e. The highest BCUT2D eigenvalue weighted by atomic mass is 79.9. The quantitative estimate of drug-likeness (QED) is 0.832. The standard InChI is InChI=1S/C14H18BrNO3S/c1-11-3-2-8-16(9-11)14(17)10-20(18,19)13-6-4-12(15)5-7-13/h4-7,11H,2-3,8-10H2,1H3. The van der Waals surface area contributed by atoms with Crippen LogP contribution in [0.1, 0.15) is 19.8 Å². The van der Waals surface area contributed by atoms with Crippen LogP contribution < -0.4 is 0 Å². The predicted octanol–water partition coefficient (Wildman–Crippen LogP) is 2.48. The van der Waals surface area contributed by atoms with Gasteiger partial charge in [-0.25, -0.2) is 8.42 Å². The lowest BCUT2D eigenvalue weighted by molar-refractivity contribution is -0.130. The molecule has 2 rings (SSSR count). The van der Waals surface area contributed by atoms with Crippen molar-refractivity contribution < 1.29 is 13.2 Å². The van der Waals surface area contributed by atoms with Crippen LogP contribution in [0.3, 0.4) is 0 Å². The minimum atomic E-state index is -3.56. The second-order valence-electron chi connectivity index (χ2n) is 5.30. The fourth-order valence-electron chi connectivity index (χ4n) is 2.40. The van der Waals surface area contributed by atoms with Crippen LogP contribution in [0.15, 0.2) is 33.6 Å². The highest BCUT2D eigenvalue weighted by Crippen LogP contribution is 2.19. The number of nitrogens with zero attached hydrogens (tertiary/aromatic N) is 1. The van der Waals surface area contributed by atoms with Gasteiger partial charge >= 0.3 is 0 Å². The van der Waals surface area contributed by atoms with Gasteiger partial charge in [-0.05, 0) is 43.0 Å². The Morgan fingerprint density at radius 2 is 2.00 bits per heavy atom. The highest BCUT2D eigenvalue weighted by molar-refractivity contribution is 9.10. The van der Waals surface area contributed by atoms with Gasteiger partial charge in [-0.2, -0.15) is 0 Å². The first-order chi connectivity index (χ1) is 9.38. The molecule has 1 fully saturated rings. The molecule has 1 atom stereocenters. The topological polar surface area (TPSA) is 54.5 Å². The minimum Gasteiger partial charge on any atom is -0.342 e. The molecular weight excluding hydrogens is 342 g/mol. The Morgan fingerprint density at radius 1 is 1.35 bits per heavy atom. The number of carbonyl (C=O) groups is 1. The predicted molar refractivity (Wildman–Crippen MR) is 81.2 cm³/mol. The molecule has 0 bridgehead atoms. The average Bonchev–Trinajstić information content (AvgIpc) is 2.38. The summed E-state index contributed by atoms with van der Waals surface area (Å²) in [6.07, 6.45) is 2.05. The molecule has 20 heavy (non-hydrogen) atoms. The van der Waals surface area contributed by atoms with Crippen molar-refractivity contribution in [1.29, 1.82) is 0 Å². The van der Waals surface area contributed by atoms with Gasteiger partial charge in [-0.1, -0.05) is 22.9 Å². The lowest BCUT2D eigenvalue weighted by Crippen LogP contribution is -2.42. The van der Waals surface area contributed by atoms with Crippen LogP contribution in [0.2, 0.25) is 0 Å². The van der Waals surface area contributed by atoms with E-state index < -0.39 is 15.6 Å². The van der Waals surface area contributed by atoms with Crippen molar-refractivity contribution in [3.63, 3.8) is 0 Å². The molecule has 0 N–H and O–H groups in total. The van der Waals surface area contributed by atoms with Crippen LogP contribution in [0.4, 0.5) is 0 Å². The van der Waals surface area contributed by atoms with E-state index in [0.29, 0.717) is 19.0 Å². The summed E-state index contributed by atoms with van der Waals surface area (Å²) in [4.78, 5) is 14.0. The molecule has 1 amide bonds. The van der Waals surface area contributed by atoms with Crippen molar-refractivity contribution >= 4 is 31.7 Å². The summed E-state index contributed by atoms with van der Waals surface area (Å²) >= 11 is 3.26. The molecule has 4 nitrogen and oxygen atoms in total. The number of benzene rings is 1. The first-order valence-corrected chi connectivity index (χ1v) is 9.09. The molecule has 1 aromatic rings. The second-order valence-corrected chi connectivity index (χ2v) is 8.21. The van der Waals surface area contributed by atoms with Crippen LogP contribution in [-0.4, -0.2) is 38.1 Å². The molecule has 0 radical (unpaired) electrons. The van der Waals surface area contributed by atoms with Gasteiger partial charge in [0.2, 0.25) is 5.91 Å². The molecule has 1 unspecified atom stereocenters. The van der Waals surface area contributed by atoms with Gasteiger partial charge in [0.05, 0.1) is 4.90 Å². The SMILES string of the molecule is CC1CCCN(C(=O)CS(=O)(=O)c2ccc(Br)cc2)C1. The van der Waals surface area contributed by atoms with Crippen LogP contribution in [0.25, 0.3) is 0 Å². The van der Waals surface area contributed by atoms with Crippen molar-refractivity contribution in [2.75, 3.05) is 18.8 Å². The van der Waals surface area contributed by atoms with Gasteiger partial charge in [-0.15, -0.1) is 0 Å². The molecule has 1 aliphatic rings. The first-order valence-electron chi connectivity index (χ1n) is 6.64. The van der Waals surface area contributed by atoms with Crippen molar-refractivity contribution in [2.45, 2.75) is 24.7 Å². The van der Waals surface area contributed by atoms with Gasteiger partial charge in [0.25, 0.3) is 0 Å². The van der Waals surface area contributed by atoms with E-state index in [1.165, 1.54) is 12.1 Å². The van der Waals surface area contributed by atoms with Gasteiger partial charge < -0.3 is 4.90 Å². The average molecular weight is 360 g/mol. The van der Waals surface area contributed by atoms with Crippen LogP contribution >= 0.6 is 15.9 Å². The summed E-state index contributed by atoms with van der Waals surface area (Å²) in [5, 5.41) is 0. The van der Waals surface area contributed by atoms with E-state index in [-0.39, 0.29) is 10.8 Å². The molecular formula is C14H18BrNO3S. The molecule has 1 saturated heterocycles. The third kappa shape index (κ3) is 3.82. The van der Waals surface area contributed by atoms with Crippen molar-refractivity contribution in [3.05, 3.63) is 28.7 Å². The number of likely N-dealkylation sites (tertiary alicyclic amines) is 1. The zero-order chi connectivity index (χ0) is 14.8. The van der Waals surface area contributed by atoms with Crippen LogP contribution in [0.5, 0.6) is 0 Å². The highest BCUT2D eigenvalue weighted by Gasteiger charge is 2.26. The Labute approximate surface area is 128 Å². The van der Waals surface area contributed by atoms with Gasteiger partial charge in [0.15, 0.2) is 9.84 Å². The Balaban J connectivity index is 2.08. The number of hydrogen-bond donors (Lipinski definition) is 0. The van der Waals surface area contributed by atoms with Crippen molar-refractivity contribution in [2.24, 2.45) is 5.92 Å². The first kappa shape index (κ1) is 15.5. The van der Waals surface area contributed by atoms with E-state index in [0.717, 1.165) is 17.3 Å². The number of halogens is 1. The summed E-state index contributed by atoms with van der Waals surface area (Å²) < 4.78 is 25.2. The third-order valence-electron chi connectivity index (χ3n) is 3.50. The van der Waals surface area contributed by atoms with E-state index in [2.05, 4.69) is 22.9 Å². The maximum Gasteiger partial charge on any atom is 0.238 e. The Kier molecular flexibility index (Phi) is 4.86. The van der Waals surface area contributed by atoms with E-state index in [9.17, 15) is 13.2 Å². The van der Waals surface area contributed by atoms with Crippen LogP contribution in [-0.2, 0) is 14.6 Å². The normalized spacial score (nSPS) is 19.9. The fraction of sp³-hybridized carbons (Fsp3) is 0.500. The molecule has 0 aromatic heterocycles. The van der Waals surface area contributed by atoms with Crippen molar-refractivity contribution in [1.82, 2.24) is 4.90 Å². The van der Waals surface area contributed by atoms with Crippen LogP contribution in [0, 0.1) is 5.92 Å².